The Kier molecular flexibility index (Phi) is 7.64. The topological polar surface area (TPSA) is 38.7 Å². The second-order valence-corrected chi connectivity index (χ2v) is 12.7. The lowest BCUT2D eigenvalue weighted by Crippen LogP contribution is -1.99. The van der Waals surface area contributed by atoms with Crippen molar-refractivity contribution in [3.05, 3.63) is 182 Å². The van der Waals surface area contributed by atoms with Gasteiger partial charge in [0, 0.05) is 29.1 Å². The molecule has 50 heavy (non-hydrogen) atoms. The Hall–Kier alpha value is -6.45. The molecule has 1 aliphatic rings. The van der Waals surface area contributed by atoms with Crippen molar-refractivity contribution < 1.29 is 0 Å². The number of hydrogen-bond acceptors (Lipinski definition) is 3. The molecular formula is C47H33N3. The summed E-state index contributed by atoms with van der Waals surface area (Å²) in [5, 5.41) is 4.98. The molecule has 0 saturated carbocycles. The minimum Gasteiger partial charge on any atom is -0.264 e. The maximum atomic E-state index is 5.17. The van der Waals surface area contributed by atoms with Crippen LogP contribution in [0.15, 0.2) is 176 Å². The Morgan fingerprint density at radius 3 is 1.64 bits per heavy atom. The fourth-order valence-electron chi connectivity index (χ4n) is 7.21. The summed E-state index contributed by atoms with van der Waals surface area (Å²) in [5.41, 5.74) is 12.1. The molecule has 3 heteroatoms. The van der Waals surface area contributed by atoms with Crippen LogP contribution in [0.4, 0.5) is 0 Å². The third-order valence-electron chi connectivity index (χ3n) is 9.60. The predicted molar refractivity (Wildman–Crippen MR) is 208 cm³/mol. The van der Waals surface area contributed by atoms with E-state index in [4.69, 9.17) is 9.97 Å². The van der Waals surface area contributed by atoms with Gasteiger partial charge in [-0.25, -0.2) is 9.97 Å². The molecule has 2 heterocycles. The normalized spacial score (nSPS) is 12.7. The summed E-state index contributed by atoms with van der Waals surface area (Å²) in [6, 6.07) is 51.8. The van der Waals surface area contributed by atoms with Crippen LogP contribution in [0.25, 0.3) is 83.1 Å². The zero-order chi connectivity index (χ0) is 33.3. The molecule has 0 radical (unpaired) electrons. The fourth-order valence-corrected chi connectivity index (χ4v) is 7.21. The third kappa shape index (κ3) is 5.49. The summed E-state index contributed by atoms with van der Waals surface area (Å²) in [5.74, 6) is 0.713. The number of pyridine rings is 1. The van der Waals surface area contributed by atoms with E-state index in [9.17, 15) is 0 Å². The lowest BCUT2D eigenvalue weighted by molar-refractivity contribution is 1.03. The van der Waals surface area contributed by atoms with Crippen molar-refractivity contribution in [2.24, 2.45) is 0 Å². The average Bonchev–Trinajstić information content (AvgIpc) is 3.21. The summed E-state index contributed by atoms with van der Waals surface area (Å²) in [4.78, 5) is 14.6. The van der Waals surface area contributed by atoms with E-state index in [1.807, 2.05) is 12.3 Å². The largest absolute Gasteiger partial charge is 0.264 e. The van der Waals surface area contributed by atoms with E-state index in [2.05, 4.69) is 163 Å². The molecule has 0 aliphatic heterocycles. The number of aromatic nitrogens is 3. The molecule has 0 amide bonds. The van der Waals surface area contributed by atoms with Gasteiger partial charge in [-0.05, 0) is 86.0 Å². The van der Waals surface area contributed by atoms with Gasteiger partial charge in [-0.2, -0.15) is 0 Å². The minimum absolute atomic E-state index is 0.713. The summed E-state index contributed by atoms with van der Waals surface area (Å²) in [6.45, 7) is 0. The molecule has 0 fully saturated rings. The molecule has 3 nitrogen and oxygen atoms in total. The van der Waals surface area contributed by atoms with Crippen LogP contribution in [-0.2, 0) is 0 Å². The molecule has 8 aromatic rings. The summed E-state index contributed by atoms with van der Waals surface area (Å²) >= 11 is 0. The SMILES string of the molecule is C1=CC(c2cc(-c3cccc(-c4cccnc4)c3)nc(-c3ccc(-c4c5ccccc5c(-c5ccccc5)c5ccccc45)cc3)n2)=CCC1. The Labute approximate surface area is 292 Å². The van der Waals surface area contributed by atoms with Gasteiger partial charge in [0.1, 0.15) is 0 Å². The van der Waals surface area contributed by atoms with Crippen molar-refractivity contribution in [1.29, 1.82) is 0 Å². The van der Waals surface area contributed by atoms with E-state index in [1.165, 1.54) is 43.8 Å². The van der Waals surface area contributed by atoms with Crippen LogP contribution in [-0.4, -0.2) is 15.0 Å². The van der Waals surface area contributed by atoms with Crippen LogP contribution < -0.4 is 0 Å². The van der Waals surface area contributed by atoms with E-state index in [1.54, 1.807) is 6.20 Å². The average molecular weight is 640 g/mol. The van der Waals surface area contributed by atoms with Gasteiger partial charge in [0.05, 0.1) is 11.4 Å². The van der Waals surface area contributed by atoms with Crippen molar-refractivity contribution in [2.75, 3.05) is 0 Å². The van der Waals surface area contributed by atoms with Crippen molar-refractivity contribution >= 4 is 27.1 Å². The lowest BCUT2D eigenvalue weighted by Gasteiger charge is -2.18. The van der Waals surface area contributed by atoms with Gasteiger partial charge < -0.3 is 0 Å². The first kappa shape index (κ1) is 29.7. The van der Waals surface area contributed by atoms with Crippen LogP contribution in [0.2, 0.25) is 0 Å². The molecule has 0 bridgehead atoms. The van der Waals surface area contributed by atoms with E-state index in [0.29, 0.717) is 5.82 Å². The van der Waals surface area contributed by atoms with Crippen molar-refractivity contribution in [1.82, 2.24) is 15.0 Å². The van der Waals surface area contributed by atoms with Crippen LogP contribution in [0.3, 0.4) is 0 Å². The quantitative estimate of drug-likeness (QED) is 0.170. The van der Waals surface area contributed by atoms with Gasteiger partial charge in [-0.15, -0.1) is 0 Å². The maximum absolute atomic E-state index is 5.17. The Morgan fingerprint density at radius 2 is 1.00 bits per heavy atom. The lowest BCUT2D eigenvalue weighted by atomic mass is 9.86. The minimum atomic E-state index is 0.713. The molecule has 0 atom stereocenters. The summed E-state index contributed by atoms with van der Waals surface area (Å²) < 4.78 is 0. The van der Waals surface area contributed by atoms with E-state index < -0.39 is 0 Å². The number of hydrogen-bond donors (Lipinski definition) is 0. The van der Waals surface area contributed by atoms with Gasteiger partial charge in [-0.3, -0.25) is 4.98 Å². The molecule has 2 aromatic heterocycles. The number of nitrogens with zero attached hydrogens (tertiary/aromatic N) is 3. The molecule has 1 aliphatic carbocycles. The summed E-state index contributed by atoms with van der Waals surface area (Å²) in [6.07, 6.45) is 12.5. The first-order chi connectivity index (χ1) is 24.8. The van der Waals surface area contributed by atoms with Crippen LogP contribution >= 0.6 is 0 Å². The third-order valence-corrected chi connectivity index (χ3v) is 9.60. The first-order valence-electron chi connectivity index (χ1n) is 17.2. The molecule has 0 unspecified atom stereocenters. The van der Waals surface area contributed by atoms with Crippen LogP contribution in [0.1, 0.15) is 18.5 Å². The Bertz CT molecular complexity index is 2510. The second kappa shape index (κ2) is 12.9. The highest BCUT2D eigenvalue weighted by Crippen LogP contribution is 2.43. The number of rotatable bonds is 6. The van der Waals surface area contributed by atoms with Gasteiger partial charge >= 0.3 is 0 Å². The molecule has 0 saturated heterocycles. The van der Waals surface area contributed by atoms with Gasteiger partial charge in [-0.1, -0.05) is 146 Å². The van der Waals surface area contributed by atoms with Crippen LogP contribution in [0.5, 0.6) is 0 Å². The molecule has 9 rings (SSSR count). The van der Waals surface area contributed by atoms with E-state index >= 15 is 0 Å². The second-order valence-electron chi connectivity index (χ2n) is 12.7. The smallest absolute Gasteiger partial charge is 0.160 e. The highest BCUT2D eigenvalue weighted by atomic mass is 14.9. The molecule has 0 spiro atoms. The van der Waals surface area contributed by atoms with Gasteiger partial charge in [0.25, 0.3) is 0 Å². The predicted octanol–water partition coefficient (Wildman–Crippen LogP) is 12.2. The maximum Gasteiger partial charge on any atom is 0.160 e. The van der Waals surface area contributed by atoms with E-state index in [-0.39, 0.29) is 0 Å². The zero-order valence-electron chi connectivity index (χ0n) is 27.5. The number of benzene rings is 6. The molecule has 6 aromatic carbocycles. The highest BCUT2D eigenvalue weighted by Gasteiger charge is 2.17. The molecule has 236 valence electrons. The fraction of sp³-hybridized carbons (Fsp3) is 0.0426. The van der Waals surface area contributed by atoms with E-state index in [0.717, 1.165) is 52.1 Å². The molecule has 0 N–H and O–H groups in total. The highest BCUT2D eigenvalue weighted by molar-refractivity contribution is 6.21. The van der Waals surface area contributed by atoms with Crippen LogP contribution in [0, 0.1) is 0 Å². The van der Waals surface area contributed by atoms with Crippen molar-refractivity contribution in [2.45, 2.75) is 12.8 Å². The summed E-state index contributed by atoms with van der Waals surface area (Å²) in [7, 11) is 0. The van der Waals surface area contributed by atoms with Crippen molar-refractivity contribution in [3.8, 4) is 56.0 Å². The number of fused-ring (bicyclic) bond motifs is 2. The Morgan fingerprint density at radius 1 is 0.420 bits per heavy atom. The monoisotopic (exact) mass is 639 g/mol. The first-order valence-corrected chi connectivity index (χ1v) is 17.2. The van der Waals surface area contributed by atoms with Crippen molar-refractivity contribution in [3.63, 3.8) is 0 Å². The van der Waals surface area contributed by atoms with Gasteiger partial charge in [0.15, 0.2) is 5.82 Å². The zero-order valence-corrected chi connectivity index (χ0v) is 27.5. The standard InChI is InChI=1S/C47H33N3/c1-3-13-32(14-4-1)43-30-44(37-18-11-17-36(29-37)38-19-12-28-48-31-38)50-47(49-43)35-26-24-34(25-27-35)46-41-22-9-7-20-39(41)45(33-15-5-2-6-16-33)40-21-8-10-23-42(40)46/h2-3,5-31H,1,4H2. The Balaban J connectivity index is 1.18. The number of allylic oxidation sites excluding steroid dienone is 4. The molecular weight excluding hydrogens is 607 g/mol. The van der Waals surface area contributed by atoms with Gasteiger partial charge in [0.2, 0.25) is 0 Å².